The van der Waals surface area contributed by atoms with Gasteiger partial charge in [-0.05, 0) is 44.9 Å². The zero-order chi connectivity index (χ0) is 20.1. The van der Waals surface area contributed by atoms with Crippen LogP contribution in [0.2, 0.25) is 0 Å². The van der Waals surface area contributed by atoms with E-state index in [4.69, 9.17) is 10.1 Å². The number of fused-ring (bicyclic) bond motifs is 1. The molecule has 1 aromatic carbocycles. The lowest BCUT2D eigenvalue weighted by Gasteiger charge is -2.09. The van der Waals surface area contributed by atoms with Crippen molar-refractivity contribution in [3.05, 3.63) is 65.1 Å². The van der Waals surface area contributed by atoms with Gasteiger partial charge < -0.3 is 5.32 Å². The summed E-state index contributed by atoms with van der Waals surface area (Å²) < 4.78 is 3.51. The van der Waals surface area contributed by atoms with Crippen LogP contribution in [0.1, 0.15) is 46.2 Å². The quantitative estimate of drug-likeness (QED) is 0.577. The summed E-state index contributed by atoms with van der Waals surface area (Å²) >= 11 is 0. The van der Waals surface area contributed by atoms with Crippen LogP contribution in [0.4, 0.5) is 5.82 Å². The molecule has 1 fully saturated rings. The number of carbonyl (C=O) groups is 1. The second kappa shape index (κ2) is 6.55. The molecule has 0 saturated heterocycles. The number of hydrogen-bond acceptors (Lipinski definition) is 4. The fourth-order valence-corrected chi connectivity index (χ4v) is 3.74. The average Bonchev–Trinajstić information content (AvgIpc) is 3.44. The monoisotopic (exact) mass is 386 g/mol. The van der Waals surface area contributed by atoms with Crippen LogP contribution in [0.15, 0.2) is 42.5 Å². The van der Waals surface area contributed by atoms with Crippen LogP contribution in [0, 0.1) is 13.8 Å². The number of carbonyl (C=O) groups excluding carboxylic acids is 1. The minimum Gasteiger partial charge on any atom is -0.307 e. The summed E-state index contributed by atoms with van der Waals surface area (Å²) in [5, 5.41) is 12.8. The molecule has 1 aliphatic rings. The molecule has 0 aliphatic heterocycles. The maximum absolute atomic E-state index is 13.3. The molecule has 29 heavy (non-hydrogen) atoms. The Morgan fingerprint density at radius 2 is 1.86 bits per heavy atom. The highest BCUT2D eigenvalue weighted by Gasteiger charge is 2.29. The number of amides is 1. The summed E-state index contributed by atoms with van der Waals surface area (Å²) in [6.45, 7) is 3.82. The first-order valence-corrected chi connectivity index (χ1v) is 9.79. The first kappa shape index (κ1) is 17.6. The Labute approximate surface area is 168 Å². The topological polar surface area (TPSA) is 77.6 Å². The van der Waals surface area contributed by atoms with Crippen LogP contribution >= 0.6 is 0 Å². The number of pyridine rings is 1. The molecule has 0 bridgehead atoms. The van der Waals surface area contributed by atoms with E-state index in [-0.39, 0.29) is 5.91 Å². The van der Waals surface area contributed by atoms with E-state index in [1.54, 1.807) is 4.68 Å². The van der Waals surface area contributed by atoms with Crippen molar-refractivity contribution in [2.75, 3.05) is 5.32 Å². The molecule has 1 aliphatic carbocycles. The van der Waals surface area contributed by atoms with Gasteiger partial charge in [0.1, 0.15) is 5.82 Å². The summed E-state index contributed by atoms with van der Waals surface area (Å²) in [6, 6.07) is 13.7. The highest BCUT2D eigenvalue weighted by atomic mass is 16.1. The highest BCUT2D eigenvalue weighted by Crippen LogP contribution is 2.40. The van der Waals surface area contributed by atoms with E-state index in [2.05, 4.69) is 10.4 Å². The average molecular weight is 386 g/mol. The van der Waals surface area contributed by atoms with Crippen molar-refractivity contribution in [2.24, 2.45) is 7.05 Å². The highest BCUT2D eigenvalue weighted by molar-refractivity contribution is 6.12. The first-order chi connectivity index (χ1) is 14.0. The minimum absolute atomic E-state index is 0.169. The van der Waals surface area contributed by atoms with E-state index in [1.165, 1.54) is 0 Å². The molecule has 7 nitrogen and oxygen atoms in total. The van der Waals surface area contributed by atoms with E-state index in [9.17, 15) is 4.79 Å². The molecular formula is C22H22N6O. The summed E-state index contributed by atoms with van der Waals surface area (Å²) in [5.74, 6) is 0.917. The molecular weight excluding hydrogens is 364 g/mol. The number of benzene rings is 1. The van der Waals surface area contributed by atoms with Gasteiger partial charge in [0.15, 0.2) is 5.65 Å². The first-order valence-electron chi connectivity index (χ1n) is 9.79. The van der Waals surface area contributed by atoms with Gasteiger partial charge >= 0.3 is 0 Å². The predicted octanol–water partition coefficient (Wildman–Crippen LogP) is 3.90. The number of aromatic nitrogens is 5. The number of hydrogen-bond donors (Lipinski definition) is 1. The van der Waals surface area contributed by atoms with Gasteiger partial charge in [-0.15, -0.1) is 0 Å². The van der Waals surface area contributed by atoms with Gasteiger partial charge in [0.25, 0.3) is 5.91 Å². The molecule has 0 unspecified atom stereocenters. The van der Waals surface area contributed by atoms with Crippen LogP contribution < -0.4 is 5.32 Å². The molecule has 0 spiro atoms. The van der Waals surface area contributed by atoms with E-state index in [0.29, 0.717) is 17.3 Å². The van der Waals surface area contributed by atoms with Crippen molar-refractivity contribution < 1.29 is 4.79 Å². The zero-order valence-electron chi connectivity index (χ0n) is 16.7. The van der Waals surface area contributed by atoms with Gasteiger partial charge in [-0.2, -0.15) is 10.2 Å². The van der Waals surface area contributed by atoms with E-state index in [1.807, 2.05) is 68.0 Å². The molecule has 0 atom stereocenters. The minimum atomic E-state index is -0.169. The van der Waals surface area contributed by atoms with Gasteiger partial charge in [0.2, 0.25) is 0 Å². The van der Waals surface area contributed by atoms with Crippen molar-refractivity contribution in [3.8, 4) is 5.69 Å². The van der Waals surface area contributed by atoms with E-state index >= 15 is 0 Å². The second-order valence-electron chi connectivity index (χ2n) is 7.65. The smallest absolute Gasteiger partial charge is 0.257 e. The number of nitrogens with zero attached hydrogens (tertiary/aromatic N) is 5. The third kappa shape index (κ3) is 3.08. The molecule has 3 aromatic heterocycles. The second-order valence-corrected chi connectivity index (χ2v) is 7.65. The molecule has 0 radical (unpaired) electrons. The van der Waals surface area contributed by atoms with Crippen LogP contribution in [0.3, 0.4) is 0 Å². The van der Waals surface area contributed by atoms with Crippen LogP contribution in [0.5, 0.6) is 0 Å². The molecule has 1 saturated carbocycles. The fourth-order valence-electron chi connectivity index (χ4n) is 3.74. The Morgan fingerprint density at radius 3 is 2.52 bits per heavy atom. The standard InChI is InChI=1S/C22H22N6O/c1-13-11-19(27(3)25-13)24-22(29)17-12-18(15-9-10-15)23-21-20(17)14(2)26-28(21)16-7-5-4-6-8-16/h4-8,11-12,15H,9-10H2,1-3H3,(H,24,29). The summed E-state index contributed by atoms with van der Waals surface area (Å²) in [6.07, 6.45) is 2.22. The molecule has 4 aromatic rings. The van der Waals surface area contributed by atoms with Crippen molar-refractivity contribution in [1.82, 2.24) is 24.5 Å². The van der Waals surface area contributed by atoms with Crippen LogP contribution in [-0.4, -0.2) is 30.5 Å². The fraction of sp³-hybridized carbons (Fsp3) is 0.273. The lowest BCUT2D eigenvalue weighted by Crippen LogP contribution is -2.16. The normalized spacial score (nSPS) is 13.8. The van der Waals surface area contributed by atoms with Crippen LogP contribution in [-0.2, 0) is 7.05 Å². The van der Waals surface area contributed by atoms with Crippen LogP contribution in [0.25, 0.3) is 16.7 Å². The maximum Gasteiger partial charge on any atom is 0.257 e. The lowest BCUT2D eigenvalue weighted by atomic mass is 10.1. The number of anilines is 1. The molecule has 5 rings (SSSR count). The Bertz CT molecular complexity index is 1230. The Balaban J connectivity index is 1.67. The summed E-state index contributed by atoms with van der Waals surface area (Å²) in [5.41, 5.74) is 4.86. The zero-order valence-corrected chi connectivity index (χ0v) is 16.7. The van der Waals surface area contributed by atoms with Crippen molar-refractivity contribution in [1.29, 1.82) is 0 Å². The van der Waals surface area contributed by atoms with Crippen molar-refractivity contribution in [3.63, 3.8) is 0 Å². The molecule has 1 amide bonds. The number of aryl methyl sites for hydroxylation is 3. The number of para-hydroxylation sites is 1. The number of rotatable bonds is 4. The third-order valence-corrected chi connectivity index (χ3v) is 5.32. The SMILES string of the molecule is Cc1cc(NC(=O)c2cc(C3CC3)nc3c2c(C)nn3-c2ccccc2)n(C)n1. The molecule has 3 heterocycles. The van der Waals surface area contributed by atoms with Gasteiger partial charge in [0, 0.05) is 24.7 Å². The van der Waals surface area contributed by atoms with Gasteiger partial charge in [-0.1, -0.05) is 18.2 Å². The molecule has 146 valence electrons. The Kier molecular flexibility index (Phi) is 3.97. The third-order valence-electron chi connectivity index (χ3n) is 5.32. The van der Waals surface area contributed by atoms with E-state index < -0.39 is 0 Å². The molecule has 1 N–H and O–H groups in total. The van der Waals surface area contributed by atoms with Gasteiger partial charge in [-0.25, -0.2) is 9.67 Å². The Morgan fingerprint density at radius 1 is 1.10 bits per heavy atom. The summed E-state index contributed by atoms with van der Waals surface area (Å²) in [4.78, 5) is 18.2. The largest absolute Gasteiger partial charge is 0.307 e. The Hall–Kier alpha value is -3.48. The number of nitrogens with one attached hydrogen (secondary N) is 1. The van der Waals surface area contributed by atoms with Gasteiger partial charge in [0.05, 0.1) is 28.0 Å². The van der Waals surface area contributed by atoms with Crippen molar-refractivity contribution >= 4 is 22.8 Å². The lowest BCUT2D eigenvalue weighted by molar-refractivity contribution is 0.102. The maximum atomic E-state index is 13.3. The molecule has 7 heteroatoms. The predicted molar refractivity (Wildman–Crippen MR) is 111 cm³/mol. The van der Waals surface area contributed by atoms with Gasteiger partial charge in [-0.3, -0.25) is 9.48 Å². The van der Waals surface area contributed by atoms with Crippen molar-refractivity contribution in [2.45, 2.75) is 32.6 Å². The van der Waals surface area contributed by atoms with E-state index in [0.717, 1.165) is 46.6 Å². The summed E-state index contributed by atoms with van der Waals surface area (Å²) in [7, 11) is 1.82.